The molecule has 0 aromatic carbocycles. The minimum Gasteiger partial charge on any atom is -0.305 e. The van der Waals surface area contributed by atoms with E-state index in [0.29, 0.717) is 0 Å². The molecule has 0 aliphatic rings. The number of nitroso groups, excluding NO2 is 1. The van der Waals surface area contributed by atoms with Crippen LogP contribution >= 0.6 is 0 Å². The van der Waals surface area contributed by atoms with Crippen molar-refractivity contribution in [2.24, 2.45) is 21.4 Å². The fraction of sp³-hybridized carbons (Fsp3) is 1.00. The standard InChI is InChI=1S/C4H10N4O/c1-4(2,7-9)3-6-8-5/h3H2,1-2H3,(H2,5,6). The van der Waals surface area contributed by atoms with Crippen molar-refractivity contribution in [2.75, 3.05) is 6.54 Å². The Hall–Kier alpha value is -1.00. The normalized spacial score (nSPS) is 12.2. The van der Waals surface area contributed by atoms with Gasteiger partial charge in [0.2, 0.25) is 0 Å². The van der Waals surface area contributed by atoms with Crippen LogP contribution in [-0.4, -0.2) is 12.1 Å². The van der Waals surface area contributed by atoms with Gasteiger partial charge in [0.15, 0.2) is 0 Å². The van der Waals surface area contributed by atoms with E-state index < -0.39 is 5.54 Å². The molecule has 0 bridgehead atoms. The summed E-state index contributed by atoms with van der Waals surface area (Å²) in [4.78, 5) is 9.94. The first kappa shape index (κ1) is 8.00. The molecule has 0 aromatic heterocycles. The summed E-state index contributed by atoms with van der Waals surface area (Å²) in [5, 5.41) is 9.22. The third-order valence-corrected chi connectivity index (χ3v) is 0.786. The highest BCUT2D eigenvalue weighted by Gasteiger charge is 2.16. The summed E-state index contributed by atoms with van der Waals surface area (Å²) in [5.41, 5.74) is -0.678. The van der Waals surface area contributed by atoms with Crippen LogP contribution in [0.4, 0.5) is 0 Å². The van der Waals surface area contributed by atoms with Crippen LogP contribution in [-0.2, 0) is 0 Å². The number of hydrogen-bond acceptors (Lipinski definition) is 4. The smallest absolute Gasteiger partial charge is 0.118 e. The summed E-state index contributed by atoms with van der Waals surface area (Å²) in [5.74, 6) is 4.71. The summed E-state index contributed by atoms with van der Waals surface area (Å²) in [6.45, 7) is 3.57. The molecule has 0 heterocycles. The van der Waals surface area contributed by atoms with Crippen molar-refractivity contribution in [3.63, 3.8) is 0 Å². The van der Waals surface area contributed by atoms with E-state index >= 15 is 0 Å². The molecule has 0 radical (unpaired) electrons. The lowest BCUT2D eigenvalue weighted by Gasteiger charge is -2.08. The van der Waals surface area contributed by atoms with Gasteiger partial charge in [-0.3, -0.25) is 0 Å². The molecule has 9 heavy (non-hydrogen) atoms. The maximum absolute atomic E-state index is 9.94. The summed E-state index contributed by atoms with van der Waals surface area (Å²) >= 11 is 0. The maximum atomic E-state index is 9.94. The highest BCUT2D eigenvalue weighted by molar-refractivity contribution is 4.77. The van der Waals surface area contributed by atoms with Gasteiger partial charge in [-0.05, 0) is 13.8 Å². The lowest BCUT2D eigenvalue weighted by atomic mass is 10.1. The van der Waals surface area contributed by atoms with Crippen LogP contribution in [0.5, 0.6) is 0 Å². The van der Waals surface area contributed by atoms with E-state index in [2.05, 4.69) is 15.5 Å². The van der Waals surface area contributed by atoms with Crippen LogP contribution in [0.1, 0.15) is 13.8 Å². The van der Waals surface area contributed by atoms with Gasteiger partial charge in [0, 0.05) is 0 Å². The molecule has 0 spiro atoms. The fourth-order valence-electron chi connectivity index (χ4n) is 0.243. The van der Waals surface area contributed by atoms with E-state index in [1.54, 1.807) is 13.8 Å². The highest BCUT2D eigenvalue weighted by Crippen LogP contribution is 2.07. The van der Waals surface area contributed by atoms with Crippen molar-refractivity contribution in [1.29, 1.82) is 0 Å². The monoisotopic (exact) mass is 130 g/mol. The Labute approximate surface area is 53.3 Å². The molecule has 0 fully saturated rings. The molecule has 0 rings (SSSR count). The molecule has 0 unspecified atom stereocenters. The molecule has 0 amide bonds. The van der Waals surface area contributed by atoms with Gasteiger partial charge in [-0.25, -0.2) is 0 Å². The van der Waals surface area contributed by atoms with Crippen LogP contribution in [0.3, 0.4) is 0 Å². The molecule has 5 heteroatoms. The van der Waals surface area contributed by atoms with Crippen molar-refractivity contribution >= 4 is 0 Å². The topological polar surface area (TPSA) is 80.2 Å². The van der Waals surface area contributed by atoms with Crippen molar-refractivity contribution in [1.82, 2.24) is 0 Å². The largest absolute Gasteiger partial charge is 0.305 e. The lowest BCUT2D eigenvalue weighted by Crippen LogP contribution is -2.19. The number of hydrogen-bond donors (Lipinski definition) is 1. The zero-order chi connectivity index (χ0) is 7.33. The Morgan fingerprint density at radius 2 is 2.11 bits per heavy atom. The average molecular weight is 130 g/mol. The van der Waals surface area contributed by atoms with Crippen LogP contribution in [0.15, 0.2) is 15.5 Å². The lowest BCUT2D eigenvalue weighted by molar-refractivity contribution is 0.518. The maximum Gasteiger partial charge on any atom is 0.118 e. The molecular weight excluding hydrogens is 120 g/mol. The van der Waals surface area contributed by atoms with Crippen molar-refractivity contribution < 1.29 is 0 Å². The van der Waals surface area contributed by atoms with Gasteiger partial charge >= 0.3 is 0 Å². The van der Waals surface area contributed by atoms with Gasteiger partial charge in [-0.1, -0.05) is 10.4 Å². The first-order chi connectivity index (χ1) is 4.12. The predicted octanol–water partition coefficient (Wildman–Crippen LogP) is 0.857. The van der Waals surface area contributed by atoms with Gasteiger partial charge in [0.25, 0.3) is 0 Å². The highest BCUT2D eigenvalue weighted by atomic mass is 16.3. The number of rotatable bonds is 3. The van der Waals surface area contributed by atoms with Gasteiger partial charge < -0.3 is 5.84 Å². The number of nitrogens with two attached hydrogens (primary N) is 1. The molecule has 0 saturated carbocycles. The average Bonchev–Trinajstić information content (AvgIpc) is 1.84. The van der Waals surface area contributed by atoms with Gasteiger partial charge in [0.1, 0.15) is 5.54 Å². The third-order valence-electron chi connectivity index (χ3n) is 0.786. The second-order valence-electron chi connectivity index (χ2n) is 2.32. The van der Waals surface area contributed by atoms with Crippen LogP contribution in [0, 0.1) is 4.91 Å². The Morgan fingerprint density at radius 3 is 2.44 bits per heavy atom. The fourth-order valence-corrected chi connectivity index (χ4v) is 0.243. The second kappa shape index (κ2) is 3.11. The molecule has 0 aromatic rings. The second-order valence-corrected chi connectivity index (χ2v) is 2.32. The molecule has 0 aliphatic carbocycles. The SMILES string of the molecule is CC(C)(CN=NN)N=O. The van der Waals surface area contributed by atoms with Crippen molar-refractivity contribution in [3.8, 4) is 0 Å². The van der Waals surface area contributed by atoms with Gasteiger partial charge in [-0.15, -0.1) is 0 Å². The van der Waals surface area contributed by atoms with E-state index in [1.807, 2.05) is 0 Å². The first-order valence-electron chi connectivity index (χ1n) is 2.53. The summed E-state index contributed by atoms with van der Waals surface area (Å²) < 4.78 is 0. The summed E-state index contributed by atoms with van der Waals surface area (Å²) in [7, 11) is 0. The predicted molar refractivity (Wildman–Crippen MR) is 33.8 cm³/mol. The quantitative estimate of drug-likeness (QED) is 0.266. The molecular formula is C4H10N4O. The van der Waals surface area contributed by atoms with Crippen molar-refractivity contribution in [3.05, 3.63) is 4.91 Å². The molecule has 0 saturated heterocycles. The molecule has 0 aliphatic heterocycles. The molecule has 52 valence electrons. The van der Waals surface area contributed by atoms with Gasteiger partial charge in [-0.2, -0.15) is 10.0 Å². The van der Waals surface area contributed by atoms with E-state index in [4.69, 9.17) is 5.84 Å². The van der Waals surface area contributed by atoms with E-state index in [0.717, 1.165) is 0 Å². The molecule has 0 atom stereocenters. The Balaban J connectivity index is 3.71. The minimum atomic E-state index is -0.678. The van der Waals surface area contributed by atoms with Crippen molar-refractivity contribution in [2.45, 2.75) is 19.4 Å². The Kier molecular flexibility index (Phi) is 2.77. The first-order valence-corrected chi connectivity index (χ1v) is 2.53. The summed E-state index contributed by atoms with van der Waals surface area (Å²) in [6, 6.07) is 0. The van der Waals surface area contributed by atoms with Crippen LogP contribution < -0.4 is 5.84 Å². The van der Waals surface area contributed by atoms with E-state index in [-0.39, 0.29) is 6.54 Å². The minimum absolute atomic E-state index is 0.243. The Bertz CT molecular complexity index is 120. The van der Waals surface area contributed by atoms with Crippen LogP contribution in [0.25, 0.3) is 0 Å². The van der Waals surface area contributed by atoms with Gasteiger partial charge in [0.05, 0.1) is 6.54 Å². The van der Waals surface area contributed by atoms with E-state index in [1.165, 1.54) is 0 Å². The Morgan fingerprint density at radius 1 is 1.56 bits per heavy atom. The summed E-state index contributed by atoms with van der Waals surface area (Å²) in [6.07, 6.45) is 0. The third kappa shape index (κ3) is 3.57. The van der Waals surface area contributed by atoms with Crippen LogP contribution in [0.2, 0.25) is 0 Å². The molecule has 2 N–H and O–H groups in total. The molecule has 5 nitrogen and oxygen atoms in total. The zero-order valence-electron chi connectivity index (χ0n) is 5.53. The number of nitrogens with zero attached hydrogens (tertiary/aromatic N) is 3. The van der Waals surface area contributed by atoms with E-state index in [9.17, 15) is 4.91 Å². The zero-order valence-corrected chi connectivity index (χ0v) is 5.53.